The maximum atomic E-state index is 6.49. The summed E-state index contributed by atoms with van der Waals surface area (Å²) in [6.07, 6.45) is 8.73. The van der Waals surface area contributed by atoms with Crippen LogP contribution in [0.15, 0.2) is 12.3 Å². The molecule has 1 saturated carbocycles. The highest BCUT2D eigenvalue weighted by Gasteiger charge is 2.36. The van der Waals surface area contributed by atoms with Gasteiger partial charge in [-0.05, 0) is 43.4 Å². The molecule has 2 heterocycles. The minimum atomic E-state index is 0.674. The molecule has 0 spiro atoms. The molecule has 0 radical (unpaired) electrons. The van der Waals surface area contributed by atoms with Crippen molar-refractivity contribution in [2.45, 2.75) is 51.6 Å². The number of nitrogens with zero attached hydrogens (tertiary/aromatic N) is 2. The first-order valence-corrected chi connectivity index (χ1v) is 8.29. The zero-order valence-electron chi connectivity index (χ0n) is 12.2. The monoisotopic (exact) mass is 293 g/mol. The Bertz CT molecular complexity index is 463. The minimum Gasteiger partial charge on any atom is -0.352 e. The van der Waals surface area contributed by atoms with Gasteiger partial charge in [-0.2, -0.15) is 0 Å². The molecule has 3 nitrogen and oxygen atoms in total. The highest BCUT2D eigenvalue weighted by Crippen LogP contribution is 2.40. The van der Waals surface area contributed by atoms with E-state index in [9.17, 15) is 0 Å². The van der Waals surface area contributed by atoms with Crippen LogP contribution in [0.4, 0.5) is 5.82 Å². The van der Waals surface area contributed by atoms with E-state index in [0.29, 0.717) is 6.04 Å². The Morgan fingerprint density at radius 3 is 3.00 bits per heavy atom. The lowest BCUT2D eigenvalue weighted by atomic mass is 9.85. The molecule has 20 heavy (non-hydrogen) atoms. The van der Waals surface area contributed by atoms with Crippen molar-refractivity contribution in [1.29, 1.82) is 0 Å². The van der Waals surface area contributed by atoms with Gasteiger partial charge in [0.05, 0.1) is 5.02 Å². The molecule has 0 amide bonds. The largest absolute Gasteiger partial charge is 0.352 e. The van der Waals surface area contributed by atoms with Gasteiger partial charge >= 0.3 is 0 Å². The molecule has 110 valence electrons. The maximum absolute atomic E-state index is 6.49. The van der Waals surface area contributed by atoms with Crippen molar-refractivity contribution in [3.05, 3.63) is 22.8 Å². The van der Waals surface area contributed by atoms with Crippen LogP contribution in [0, 0.1) is 5.92 Å². The zero-order valence-corrected chi connectivity index (χ0v) is 13.0. The second-order valence-electron chi connectivity index (χ2n) is 6.02. The fraction of sp³-hybridized carbons (Fsp3) is 0.688. The van der Waals surface area contributed by atoms with Crippen molar-refractivity contribution >= 4 is 17.4 Å². The van der Waals surface area contributed by atoms with Crippen LogP contribution in [0.2, 0.25) is 5.02 Å². The van der Waals surface area contributed by atoms with E-state index in [4.69, 9.17) is 11.6 Å². The van der Waals surface area contributed by atoms with Crippen LogP contribution < -0.4 is 10.2 Å². The molecule has 1 aliphatic heterocycles. The normalized spacial score (nSPS) is 25.8. The highest BCUT2D eigenvalue weighted by atomic mass is 35.5. The first kappa shape index (κ1) is 14.2. The van der Waals surface area contributed by atoms with Crippen molar-refractivity contribution in [2.24, 2.45) is 5.92 Å². The van der Waals surface area contributed by atoms with Gasteiger partial charge in [-0.3, -0.25) is 0 Å². The fourth-order valence-corrected chi connectivity index (χ4v) is 4.01. The van der Waals surface area contributed by atoms with Crippen LogP contribution in [0.25, 0.3) is 0 Å². The van der Waals surface area contributed by atoms with E-state index >= 15 is 0 Å². The van der Waals surface area contributed by atoms with Crippen LogP contribution in [0.5, 0.6) is 0 Å². The molecule has 1 aliphatic carbocycles. The van der Waals surface area contributed by atoms with Crippen molar-refractivity contribution in [3.63, 3.8) is 0 Å². The van der Waals surface area contributed by atoms with Gasteiger partial charge in [0.25, 0.3) is 0 Å². The molecular formula is C16H24ClN3. The van der Waals surface area contributed by atoms with Crippen molar-refractivity contribution in [2.75, 3.05) is 18.0 Å². The number of halogens is 1. The van der Waals surface area contributed by atoms with Gasteiger partial charge in [0, 0.05) is 25.3 Å². The maximum Gasteiger partial charge on any atom is 0.147 e. The van der Waals surface area contributed by atoms with Crippen LogP contribution in [-0.2, 0) is 6.54 Å². The summed E-state index contributed by atoms with van der Waals surface area (Å²) in [6.45, 7) is 5.04. The molecular weight excluding hydrogens is 270 g/mol. The van der Waals surface area contributed by atoms with Gasteiger partial charge < -0.3 is 10.2 Å². The summed E-state index contributed by atoms with van der Waals surface area (Å²) < 4.78 is 0. The first-order chi connectivity index (χ1) is 9.79. The number of anilines is 1. The first-order valence-electron chi connectivity index (χ1n) is 7.91. The lowest BCUT2D eigenvalue weighted by Gasteiger charge is -2.32. The number of hydrogen-bond donors (Lipinski definition) is 1. The lowest BCUT2D eigenvalue weighted by molar-refractivity contribution is 0.341. The Labute approximate surface area is 126 Å². The summed E-state index contributed by atoms with van der Waals surface area (Å²) in [6, 6.07) is 2.75. The average Bonchev–Trinajstić information content (AvgIpc) is 2.89. The van der Waals surface area contributed by atoms with E-state index in [1.165, 1.54) is 37.7 Å². The van der Waals surface area contributed by atoms with Crippen LogP contribution in [0.1, 0.15) is 44.6 Å². The molecule has 2 atom stereocenters. The second-order valence-corrected chi connectivity index (χ2v) is 6.43. The van der Waals surface area contributed by atoms with Crippen LogP contribution >= 0.6 is 11.6 Å². The Balaban J connectivity index is 1.76. The molecule has 2 aliphatic rings. The topological polar surface area (TPSA) is 28.2 Å². The second kappa shape index (κ2) is 6.31. The van der Waals surface area contributed by atoms with Crippen molar-refractivity contribution in [3.8, 4) is 0 Å². The summed E-state index contributed by atoms with van der Waals surface area (Å²) in [5.74, 6) is 1.87. The molecule has 0 aromatic carbocycles. The Hall–Kier alpha value is -0.800. The molecule has 1 saturated heterocycles. The smallest absolute Gasteiger partial charge is 0.147 e. The third kappa shape index (κ3) is 2.79. The molecule has 1 aromatic rings. The summed E-state index contributed by atoms with van der Waals surface area (Å²) >= 11 is 6.49. The van der Waals surface area contributed by atoms with Crippen LogP contribution in [0.3, 0.4) is 0 Å². The average molecular weight is 294 g/mol. The summed E-state index contributed by atoms with van der Waals surface area (Å²) in [5.41, 5.74) is 1.17. The summed E-state index contributed by atoms with van der Waals surface area (Å²) in [7, 11) is 0. The van der Waals surface area contributed by atoms with Crippen molar-refractivity contribution in [1.82, 2.24) is 10.3 Å². The molecule has 1 aromatic heterocycles. The van der Waals surface area contributed by atoms with Gasteiger partial charge in [0.1, 0.15) is 5.82 Å². The standard InChI is InChI=1S/C16H24ClN3/c1-2-18-10-12-9-14(17)16(19-11-12)20-8-7-13-5-3-4-6-15(13)20/h9,11,13,15,18H,2-8,10H2,1H3. The number of aromatic nitrogens is 1. The molecule has 3 rings (SSSR count). The predicted octanol–water partition coefficient (Wildman–Crippen LogP) is 3.61. The van der Waals surface area contributed by atoms with Gasteiger partial charge in [-0.25, -0.2) is 4.98 Å². The van der Waals surface area contributed by atoms with Gasteiger partial charge in [0.2, 0.25) is 0 Å². The molecule has 4 heteroatoms. The van der Waals surface area contributed by atoms with E-state index < -0.39 is 0 Å². The van der Waals surface area contributed by atoms with E-state index in [1.54, 1.807) is 0 Å². The number of hydrogen-bond acceptors (Lipinski definition) is 3. The number of rotatable bonds is 4. The molecule has 2 fully saturated rings. The Morgan fingerprint density at radius 1 is 1.35 bits per heavy atom. The minimum absolute atomic E-state index is 0.674. The third-order valence-corrected chi connectivity index (χ3v) is 5.02. The van der Waals surface area contributed by atoms with E-state index in [0.717, 1.165) is 36.4 Å². The highest BCUT2D eigenvalue weighted by molar-refractivity contribution is 6.33. The van der Waals surface area contributed by atoms with E-state index in [1.807, 2.05) is 6.20 Å². The van der Waals surface area contributed by atoms with Gasteiger partial charge in [-0.1, -0.05) is 31.4 Å². The summed E-state index contributed by atoms with van der Waals surface area (Å²) in [5, 5.41) is 4.13. The van der Waals surface area contributed by atoms with Crippen molar-refractivity contribution < 1.29 is 0 Å². The number of pyridine rings is 1. The summed E-state index contributed by atoms with van der Waals surface area (Å²) in [4.78, 5) is 7.12. The zero-order chi connectivity index (χ0) is 13.9. The molecule has 1 N–H and O–H groups in total. The molecule has 2 unspecified atom stereocenters. The predicted molar refractivity (Wildman–Crippen MR) is 84.3 cm³/mol. The Kier molecular flexibility index (Phi) is 4.47. The lowest BCUT2D eigenvalue weighted by Crippen LogP contribution is -2.35. The molecule has 0 bridgehead atoms. The number of nitrogens with one attached hydrogen (secondary N) is 1. The fourth-order valence-electron chi connectivity index (χ4n) is 3.72. The van der Waals surface area contributed by atoms with Crippen LogP contribution in [-0.4, -0.2) is 24.1 Å². The van der Waals surface area contributed by atoms with Gasteiger partial charge in [0.15, 0.2) is 0 Å². The van der Waals surface area contributed by atoms with Gasteiger partial charge in [-0.15, -0.1) is 0 Å². The number of fused-ring (bicyclic) bond motifs is 1. The van der Waals surface area contributed by atoms with E-state index in [-0.39, 0.29) is 0 Å². The van der Waals surface area contributed by atoms with E-state index in [2.05, 4.69) is 28.2 Å². The quantitative estimate of drug-likeness (QED) is 0.919. The Morgan fingerprint density at radius 2 is 2.20 bits per heavy atom. The SMILES string of the molecule is CCNCc1cnc(N2CCC3CCCCC32)c(Cl)c1. The third-order valence-electron chi connectivity index (χ3n) is 4.74.